The Labute approximate surface area is 143 Å². The summed E-state index contributed by atoms with van der Waals surface area (Å²) in [7, 11) is -2.79. The smallest absolute Gasteiger partial charge is 0.344 e. The molecule has 0 unspecified atom stereocenters. The lowest BCUT2D eigenvalue weighted by Crippen LogP contribution is -2.31. The maximum absolute atomic E-state index is 12.2. The number of hydrogen-bond donors (Lipinski definition) is 0. The van der Waals surface area contributed by atoms with E-state index < -0.39 is 16.2 Å². The standard InChI is InChI=1S/C15H14N4O5S/c1-10-12(15(20)23-2)8-19(25(21,22)18-10)9-13-16-14(17-24-13)11-6-4-3-5-7-11/h3-8H,9H2,1-2H3. The summed E-state index contributed by atoms with van der Waals surface area (Å²) in [6.45, 7) is 1.16. The molecule has 0 bridgehead atoms. The number of hydrogen-bond acceptors (Lipinski definition) is 7. The van der Waals surface area contributed by atoms with Crippen LogP contribution in [0.5, 0.6) is 0 Å². The summed E-state index contributed by atoms with van der Waals surface area (Å²) in [6.07, 6.45) is 1.15. The van der Waals surface area contributed by atoms with Crippen LogP contribution in [0.15, 0.2) is 51.0 Å². The number of aromatic nitrogens is 2. The molecule has 0 atom stereocenters. The zero-order valence-electron chi connectivity index (χ0n) is 13.4. The first kappa shape index (κ1) is 16.8. The van der Waals surface area contributed by atoms with E-state index in [2.05, 4.69) is 19.3 Å². The van der Waals surface area contributed by atoms with Crippen molar-refractivity contribution in [3.63, 3.8) is 0 Å². The van der Waals surface area contributed by atoms with Gasteiger partial charge >= 0.3 is 16.2 Å². The maximum Gasteiger partial charge on any atom is 0.344 e. The van der Waals surface area contributed by atoms with E-state index >= 15 is 0 Å². The minimum absolute atomic E-state index is 0.0418. The predicted octanol–water partition coefficient (Wildman–Crippen LogP) is 1.31. The lowest BCUT2D eigenvalue weighted by molar-refractivity contribution is -0.135. The second-order valence-electron chi connectivity index (χ2n) is 5.11. The summed E-state index contributed by atoms with van der Waals surface area (Å²) in [5, 5.41) is 3.83. The van der Waals surface area contributed by atoms with Crippen LogP contribution in [0, 0.1) is 0 Å². The van der Waals surface area contributed by atoms with Crippen molar-refractivity contribution in [2.45, 2.75) is 13.5 Å². The normalized spacial score (nSPS) is 16.2. The molecule has 0 spiro atoms. The van der Waals surface area contributed by atoms with Gasteiger partial charge in [0.2, 0.25) is 11.7 Å². The first-order chi connectivity index (χ1) is 11.9. The summed E-state index contributed by atoms with van der Waals surface area (Å²) in [5.41, 5.74) is 0.831. The Hall–Kier alpha value is -3.01. The first-order valence-corrected chi connectivity index (χ1v) is 8.57. The molecule has 1 aliphatic heterocycles. The van der Waals surface area contributed by atoms with E-state index in [1.165, 1.54) is 14.0 Å². The molecule has 0 saturated heterocycles. The zero-order chi connectivity index (χ0) is 18.0. The SMILES string of the molecule is COC(=O)C1=CN(Cc2nc(-c3ccccc3)no2)S(=O)(=O)N=C1C. The van der Waals surface area contributed by atoms with Crippen molar-refractivity contribution in [2.24, 2.45) is 4.40 Å². The van der Waals surface area contributed by atoms with Gasteiger partial charge in [-0.15, -0.1) is 4.40 Å². The van der Waals surface area contributed by atoms with Crippen molar-refractivity contribution in [1.29, 1.82) is 0 Å². The molecule has 1 aromatic heterocycles. The van der Waals surface area contributed by atoms with Crippen LogP contribution < -0.4 is 0 Å². The average Bonchev–Trinajstić information content (AvgIpc) is 3.05. The van der Waals surface area contributed by atoms with Gasteiger partial charge < -0.3 is 9.26 Å². The van der Waals surface area contributed by atoms with Crippen molar-refractivity contribution in [3.8, 4) is 11.4 Å². The van der Waals surface area contributed by atoms with Crippen molar-refractivity contribution in [2.75, 3.05) is 7.11 Å². The van der Waals surface area contributed by atoms with Gasteiger partial charge in [0.15, 0.2) is 0 Å². The highest BCUT2D eigenvalue weighted by molar-refractivity contribution is 7.88. The second-order valence-corrected chi connectivity index (χ2v) is 6.66. The molecule has 1 aromatic carbocycles. The molecule has 9 nitrogen and oxygen atoms in total. The van der Waals surface area contributed by atoms with Crippen molar-refractivity contribution < 1.29 is 22.5 Å². The van der Waals surface area contributed by atoms with Gasteiger partial charge in [0.1, 0.15) is 6.54 Å². The number of nitrogens with zero attached hydrogens (tertiary/aromatic N) is 4. The highest BCUT2D eigenvalue weighted by Crippen LogP contribution is 2.21. The van der Waals surface area contributed by atoms with Gasteiger partial charge in [0.05, 0.1) is 18.4 Å². The van der Waals surface area contributed by atoms with Crippen LogP contribution in [-0.4, -0.2) is 41.7 Å². The molecule has 0 saturated carbocycles. The van der Waals surface area contributed by atoms with Gasteiger partial charge in [-0.05, 0) is 6.92 Å². The average molecular weight is 362 g/mol. The molecule has 0 radical (unpaired) electrons. The van der Waals surface area contributed by atoms with Gasteiger partial charge in [0, 0.05) is 11.8 Å². The Kier molecular flexibility index (Phi) is 4.36. The van der Waals surface area contributed by atoms with E-state index in [0.717, 1.165) is 16.1 Å². The third-order valence-electron chi connectivity index (χ3n) is 3.41. The van der Waals surface area contributed by atoms with Crippen molar-refractivity contribution in [3.05, 3.63) is 48.0 Å². The van der Waals surface area contributed by atoms with E-state index in [1.54, 1.807) is 12.1 Å². The minimum Gasteiger partial charge on any atom is -0.465 e. The summed E-state index contributed by atoms with van der Waals surface area (Å²) in [5.74, 6) is -0.281. The molecule has 2 heterocycles. The van der Waals surface area contributed by atoms with Gasteiger partial charge in [0.25, 0.3) is 0 Å². The Balaban J connectivity index is 1.88. The zero-order valence-corrected chi connectivity index (χ0v) is 14.2. The van der Waals surface area contributed by atoms with Crippen LogP contribution in [0.2, 0.25) is 0 Å². The van der Waals surface area contributed by atoms with Gasteiger partial charge in [-0.1, -0.05) is 35.5 Å². The molecule has 10 heteroatoms. The fraction of sp³-hybridized carbons (Fsp3) is 0.200. The molecule has 1 aliphatic rings. The Morgan fingerprint density at radius 3 is 2.68 bits per heavy atom. The molecular formula is C15H14N4O5S. The second kappa shape index (κ2) is 6.48. The van der Waals surface area contributed by atoms with E-state index in [9.17, 15) is 13.2 Å². The van der Waals surface area contributed by atoms with Gasteiger partial charge in [-0.25, -0.2) is 9.10 Å². The Bertz CT molecular complexity index is 963. The third-order valence-corrected chi connectivity index (χ3v) is 4.74. The van der Waals surface area contributed by atoms with Gasteiger partial charge in [-0.3, -0.25) is 0 Å². The van der Waals surface area contributed by atoms with Crippen LogP contribution in [0.4, 0.5) is 0 Å². The van der Waals surface area contributed by atoms with Crippen LogP contribution in [0.3, 0.4) is 0 Å². The highest BCUT2D eigenvalue weighted by Gasteiger charge is 2.30. The fourth-order valence-electron chi connectivity index (χ4n) is 2.17. The van der Waals surface area contributed by atoms with Crippen LogP contribution in [0.1, 0.15) is 12.8 Å². The molecule has 3 rings (SSSR count). The quantitative estimate of drug-likeness (QED) is 0.753. The predicted molar refractivity (Wildman–Crippen MR) is 87.4 cm³/mol. The van der Waals surface area contributed by atoms with E-state index in [4.69, 9.17) is 4.52 Å². The first-order valence-electron chi connectivity index (χ1n) is 7.17. The number of rotatable bonds is 4. The number of carbonyl (C=O) groups excluding carboxylic acids is 1. The maximum atomic E-state index is 12.2. The molecule has 0 amide bonds. The third kappa shape index (κ3) is 3.43. The topological polar surface area (TPSA) is 115 Å². The van der Waals surface area contributed by atoms with E-state index in [-0.39, 0.29) is 23.7 Å². The van der Waals surface area contributed by atoms with Gasteiger partial charge in [-0.2, -0.15) is 13.4 Å². The largest absolute Gasteiger partial charge is 0.465 e. The van der Waals surface area contributed by atoms with E-state index in [0.29, 0.717) is 5.82 Å². The summed E-state index contributed by atoms with van der Waals surface area (Å²) in [6, 6.07) is 9.10. The monoisotopic (exact) mass is 362 g/mol. The number of carbonyl (C=O) groups is 1. The number of benzene rings is 1. The van der Waals surface area contributed by atoms with Crippen LogP contribution in [0.25, 0.3) is 11.4 Å². The molecule has 0 aliphatic carbocycles. The number of esters is 1. The molecule has 25 heavy (non-hydrogen) atoms. The summed E-state index contributed by atoms with van der Waals surface area (Å²) < 4.78 is 38.5. The summed E-state index contributed by atoms with van der Waals surface area (Å²) in [4.78, 5) is 15.9. The highest BCUT2D eigenvalue weighted by atomic mass is 32.2. The Morgan fingerprint density at radius 2 is 2.00 bits per heavy atom. The Morgan fingerprint density at radius 1 is 1.28 bits per heavy atom. The number of methoxy groups -OCH3 is 1. The lowest BCUT2D eigenvalue weighted by Gasteiger charge is -2.21. The van der Waals surface area contributed by atoms with Crippen LogP contribution in [-0.2, 0) is 26.3 Å². The molecule has 2 aromatic rings. The summed E-state index contributed by atoms with van der Waals surface area (Å²) >= 11 is 0. The van der Waals surface area contributed by atoms with E-state index in [1.807, 2.05) is 18.2 Å². The van der Waals surface area contributed by atoms with Crippen molar-refractivity contribution in [1.82, 2.24) is 14.4 Å². The lowest BCUT2D eigenvalue weighted by atomic mass is 10.2. The van der Waals surface area contributed by atoms with Crippen LogP contribution >= 0.6 is 0 Å². The minimum atomic E-state index is -3.99. The fourth-order valence-corrected chi connectivity index (χ4v) is 3.23. The molecular weight excluding hydrogens is 348 g/mol. The molecule has 0 fully saturated rings. The molecule has 0 N–H and O–H groups in total. The van der Waals surface area contributed by atoms with Crippen molar-refractivity contribution >= 4 is 21.9 Å². The molecule has 130 valence electrons. The number of ether oxygens (including phenoxy) is 1.